The van der Waals surface area contributed by atoms with Crippen LogP contribution >= 0.6 is 0 Å². The fraction of sp³-hybridized carbons (Fsp3) is 0.435. The van der Waals surface area contributed by atoms with Gasteiger partial charge < -0.3 is 19.3 Å². The summed E-state index contributed by atoms with van der Waals surface area (Å²) in [4.78, 5) is 38.9. The molecule has 1 aromatic carbocycles. The maximum Gasteiger partial charge on any atom is 0.335 e. The number of nitrogens with zero attached hydrogens (tertiary/aromatic N) is 2. The van der Waals surface area contributed by atoms with Crippen LogP contribution in [0.1, 0.15) is 35.3 Å². The lowest BCUT2D eigenvalue weighted by molar-refractivity contribution is -0.171. The number of aromatic carboxylic acids is 1. The van der Waals surface area contributed by atoms with E-state index in [4.69, 9.17) is 9.84 Å². The molecular formula is C23H24N2O5. The minimum absolute atomic E-state index is 0.0429. The Bertz CT molecular complexity index is 1080. The molecule has 3 aliphatic heterocycles. The van der Waals surface area contributed by atoms with Crippen molar-refractivity contribution in [2.24, 2.45) is 11.3 Å². The summed E-state index contributed by atoms with van der Waals surface area (Å²) in [5.74, 6) is -0.421. The zero-order valence-corrected chi connectivity index (χ0v) is 16.8. The largest absolute Gasteiger partial charge is 0.478 e. The second kappa shape index (κ2) is 6.80. The molecule has 5 rings (SSSR count). The number of ether oxygens (including phenoxy) is 1. The molecule has 0 aliphatic carbocycles. The summed E-state index contributed by atoms with van der Waals surface area (Å²) in [5, 5.41) is 9.10. The zero-order chi connectivity index (χ0) is 21.0. The van der Waals surface area contributed by atoms with Crippen molar-refractivity contribution in [2.45, 2.75) is 25.8 Å². The van der Waals surface area contributed by atoms with Crippen LogP contribution in [0.25, 0.3) is 11.1 Å². The minimum Gasteiger partial charge on any atom is -0.478 e. The molecule has 4 heterocycles. The van der Waals surface area contributed by atoms with Gasteiger partial charge in [0.25, 0.3) is 5.56 Å². The Morgan fingerprint density at radius 3 is 2.43 bits per heavy atom. The van der Waals surface area contributed by atoms with Crippen molar-refractivity contribution < 1.29 is 19.4 Å². The Morgan fingerprint density at radius 1 is 1.07 bits per heavy atom. The molecule has 156 valence electrons. The van der Waals surface area contributed by atoms with Crippen molar-refractivity contribution >= 4 is 11.9 Å². The first-order valence-corrected chi connectivity index (χ1v) is 10.3. The molecule has 0 saturated carbocycles. The number of piperidine rings is 1. The molecule has 2 bridgehead atoms. The van der Waals surface area contributed by atoms with Crippen LogP contribution in [-0.4, -0.2) is 52.8 Å². The van der Waals surface area contributed by atoms with Crippen LogP contribution in [0.5, 0.6) is 0 Å². The number of aromatic nitrogens is 1. The highest BCUT2D eigenvalue weighted by Crippen LogP contribution is 2.39. The summed E-state index contributed by atoms with van der Waals surface area (Å²) in [6.45, 7) is 4.84. The molecule has 1 N–H and O–H groups in total. The van der Waals surface area contributed by atoms with E-state index < -0.39 is 11.4 Å². The van der Waals surface area contributed by atoms with Crippen molar-refractivity contribution in [1.29, 1.82) is 0 Å². The number of carbonyl (C=O) groups excluding carboxylic acids is 1. The Labute approximate surface area is 173 Å². The molecule has 7 nitrogen and oxygen atoms in total. The third-order valence-electron chi connectivity index (χ3n) is 6.67. The topological polar surface area (TPSA) is 88.8 Å². The van der Waals surface area contributed by atoms with Crippen LogP contribution in [0.2, 0.25) is 0 Å². The summed E-state index contributed by atoms with van der Waals surface area (Å²) < 4.78 is 7.13. The highest BCUT2D eigenvalue weighted by molar-refractivity contribution is 5.88. The van der Waals surface area contributed by atoms with Gasteiger partial charge in [-0.25, -0.2) is 4.79 Å². The second-order valence-corrected chi connectivity index (χ2v) is 9.06. The average Bonchev–Trinajstić information content (AvgIpc) is 2.72. The highest BCUT2D eigenvalue weighted by atomic mass is 16.5. The number of carboxylic acids is 1. The number of hydrogen-bond donors (Lipinski definition) is 1. The van der Waals surface area contributed by atoms with E-state index in [0.717, 1.165) is 23.2 Å². The fourth-order valence-corrected chi connectivity index (χ4v) is 5.01. The summed E-state index contributed by atoms with van der Waals surface area (Å²) in [6, 6.07) is 10.2. The van der Waals surface area contributed by atoms with Crippen LogP contribution in [0.15, 0.2) is 41.2 Å². The van der Waals surface area contributed by atoms with Gasteiger partial charge in [0.1, 0.15) is 0 Å². The third-order valence-corrected chi connectivity index (χ3v) is 6.67. The van der Waals surface area contributed by atoms with E-state index in [1.165, 1.54) is 0 Å². The predicted molar refractivity (Wildman–Crippen MR) is 109 cm³/mol. The molecule has 30 heavy (non-hydrogen) atoms. The van der Waals surface area contributed by atoms with Gasteiger partial charge in [-0.3, -0.25) is 9.59 Å². The summed E-state index contributed by atoms with van der Waals surface area (Å²) in [7, 11) is 0. The van der Waals surface area contributed by atoms with Crippen LogP contribution in [0.3, 0.4) is 0 Å². The summed E-state index contributed by atoms with van der Waals surface area (Å²) >= 11 is 0. The molecular weight excluding hydrogens is 384 g/mol. The number of carbonyl (C=O) groups is 2. The first-order valence-electron chi connectivity index (χ1n) is 10.3. The number of likely N-dealkylation sites (tertiary alicyclic amines) is 1. The van der Waals surface area contributed by atoms with Crippen molar-refractivity contribution in [3.8, 4) is 11.1 Å². The maximum atomic E-state index is 13.0. The van der Waals surface area contributed by atoms with Crippen molar-refractivity contribution in [3.05, 3.63) is 58.0 Å². The SMILES string of the molecule is CC1(C(=O)N2C[C@@H]3C[C@H](C2)c2cc(-c4ccc(C(=O)O)cc4)cc(=O)n2C3)COC1. The average molecular weight is 408 g/mol. The number of hydrogen-bond acceptors (Lipinski definition) is 4. The van der Waals surface area contributed by atoms with Gasteiger partial charge >= 0.3 is 5.97 Å². The monoisotopic (exact) mass is 408 g/mol. The first kappa shape index (κ1) is 19.1. The number of carboxylic acid groups (broad SMARTS) is 1. The van der Waals surface area contributed by atoms with Gasteiger partial charge in [0.05, 0.1) is 24.2 Å². The Hall–Kier alpha value is -2.93. The molecule has 0 radical (unpaired) electrons. The van der Waals surface area contributed by atoms with Crippen LogP contribution in [0, 0.1) is 11.3 Å². The van der Waals surface area contributed by atoms with E-state index in [1.807, 2.05) is 22.5 Å². The summed E-state index contributed by atoms with van der Waals surface area (Å²) in [5.41, 5.74) is 2.31. The van der Waals surface area contributed by atoms with Gasteiger partial charge in [0.2, 0.25) is 5.91 Å². The Morgan fingerprint density at radius 2 is 1.80 bits per heavy atom. The van der Waals surface area contributed by atoms with E-state index in [-0.39, 0.29) is 28.9 Å². The van der Waals surface area contributed by atoms with E-state index in [2.05, 4.69) is 0 Å². The van der Waals surface area contributed by atoms with Gasteiger partial charge in [-0.15, -0.1) is 0 Å². The molecule has 3 aliphatic rings. The molecule has 1 amide bonds. The van der Waals surface area contributed by atoms with Crippen molar-refractivity contribution in [2.75, 3.05) is 26.3 Å². The molecule has 2 saturated heterocycles. The van der Waals surface area contributed by atoms with Gasteiger partial charge in [0, 0.05) is 37.3 Å². The van der Waals surface area contributed by atoms with E-state index in [9.17, 15) is 14.4 Å². The van der Waals surface area contributed by atoms with Gasteiger partial charge in [-0.05, 0) is 48.6 Å². The number of rotatable bonds is 3. The molecule has 2 fully saturated rings. The van der Waals surface area contributed by atoms with E-state index in [1.54, 1.807) is 30.3 Å². The molecule has 2 aromatic rings. The van der Waals surface area contributed by atoms with Crippen molar-refractivity contribution in [3.63, 3.8) is 0 Å². The molecule has 2 atom stereocenters. The quantitative estimate of drug-likeness (QED) is 0.841. The molecule has 0 spiro atoms. The Kier molecular flexibility index (Phi) is 4.32. The lowest BCUT2D eigenvalue weighted by Gasteiger charge is -2.47. The second-order valence-electron chi connectivity index (χ2n) is 9.06. The number of benzene rings is 1. The summed E-state index contributed by atoms with van der Waals surface area (Å²) in [6.07, 6.45) is 0.970. The predicted octanol–water partition coefficient (Wildman–Crippen LogP) is 2.20. The van der Waals surface area contributed by atoms with Gasteiger partial charge in [0.15, 0.2) is 0 Å². The van der Waals surface area contributed by atoms with Crippen LogP contribution in [-0.2, 0) is 16.1 Å². The molecule has 7 heteroatoms. The molecule has 0 unspecified atom stereocenters. The van der Waals surface area contributed by atoms with Crippen molar-refractivity contribution in [1.82, 2.24) is 9.47 Å². The highest BCUT2D eigenvalue weighted by Gasteiger charge is 2.46. The van der Waals surface area contributed by atoms with Crippen LogP contribution in [0.4, 0.5) is 0 Å². The minimum atomic E-state index is -0.976. The maximum absolute atomic E-state index is 13.0. The lowest BCUT2D eigenvalue weighted by Crippen LogP contribution is -2.57. The normalized spacial score (nSPS) is 24.0. The smallest absolute Gasteiger partial charge is 0.335 e. The fourth-order valence-electron chi connectivity index (χ4n) is 5.01. The zero-order valence-electron chi connectivity index (χ0n) is 16.8. The number of fused-ring (bicyclic) bond motifs is 4. The van der Waals surface area contributed by atoms with E-state index >= 15 is 0 Å². The molecule has 1 aromatic heterocycles. The number of pyridine rings is 1. The Balaban J connectivity index is 1.47. The van der Waals surface area contributed by atoms with Crippen LogP contribution < -0.4 is 5.56 Å². The van der Waals surface area contributed by atoms with Gasteiger partial charge in [-0.2, -0.15) is 0 Å². The van der Waals surface area contributed by atoms with Gasteiger partial charge in [-0.1, -0.05) is 12.1 Å². The third kappa shape index (κ3) is 3.04. The van der Waals surface area contributed by atoms with E-state index in [0.29, 0.717) is 32.8 Å². The first-order chi connectivity index (χ1) is 14.3. The lowest BCUT2D eigenvalue weighted by atomic mass is 9.80. The number of amides is 1. The standard InChI is InChI=1S/C23H24N2O5/c1-23(12-30-13-23)22(29)24-9-14-6-18(11-24)19-7-17(8-20(26)25(19)10-14)15-2-4-16(5-3-15)21(27)28/h2-5,7-8,14,18H,6,9-13H2,1H3,(H,27,28)/t14-,18+/m0/s1.